The van der Waals surface area contributed by atoms with Crippen LogP contribution in [0.2, 0.25) is 0 Å². The maximum Gasteiger partial charge on any atom is 0.114 e. The molecule has 108 valence electrons. The first-order valence-electron chi connectivity index (χ1n) is 7.08. The normalized spacial score (nSPS) is 28.7. The minimum Gasteiger partial charge on any atom is -0.508 e. The molecular weight excluding hydrogens is 248 g/mol. The summed E-state index contributed by atoms with van der Waals surface area (Å²) in [4.78, 5) is 0. The second-order valence-corrected chi connectivity index (χ2v) is 5.00. The van der Waals surface area contributed by atoms with Crippen LogP contribution in [0.25, 0.3) is 0 Å². The van der Waals surface area contributed by atoms with Gasteiger partial charge in [-0.25, -0.2) is 0 Å². The van der Waals surface area contributed by atoms with Crippen molar-refractivity contribution < 1.29 is 5.11 Å². The van der Waals surface area contributed by atoms with E-state index in [2.05, 4.69) is 29.0 Å². The van der Waals surface area contributed by atoms with Crippen LogP contribution in [-0.4, -0.2) is 5.11 Å². The van der Waals surface area contributed by atoms with E-state index in [1.165, 1.54) is 0 Å². The van der Waals surface area contributed by atoms with Crippen molar-refractivity contribution in [2.24, 2.45) is 10.2 Å². The standard InChI is InChI=1S/C17H24N2O/c1-14-12-13-16(3)19-18-15(2)10-8-6-4-5-7-9-11-17(14)20/h5,7,9-11,20H,3-4,6,8,12-13H2,1-2H3/b7-5+,11-9-,15-10-,17-14-,19-18?. The molecule has 0 unspecified atom stereocenters. The van der Waals surface area contributed by atoms with E-state index in [0.717, 1.165) is 42.7 Å². The Labute approximate surface area is 121 Å². The molecule has 1 aliphatic rings. The highest BCUT2D eigenvalue weighted by molar-refractivity contribution is 5.21. The van der Waals surface area contributed by atoms with Crippen LogP contribution in [0, 0.1) is 0 Å². The van der Waals surface area contributed by atoms with Crippen molar-refractivity contribution in [1.82, 2.24) is 0 Å². The van der Waals surface area contributed by atoms with Crippen molar-refractivity contribution in [2.75, 3.05) is 0 Å². The van der Waals surface area contributed by atoms with Gasteiger partial charge < -0.3 is 5.11 Å². The molecule has 0 radical (unpaired) electrons. The second-order valence-electron chi connectivity index (χ2n) is 5.00. The molecule has 0 atom stereocenters. The highest BCUT2D eigenvalue weighted by Crippen LogP contribution is 2.15. The molecule has 20 heavy (non-hydrogen) atoms. The predicted molar refractivity (Wildman–Crippen MR) is 84.4 cm³/mol. The van der Waals surface area contributed by atoms with Crippen molar-refractivity contribution >= 4 is 0 Å². The van der Waals surface area contributed by atoms with Gasteiger partial charge in [-0.1, -0.05) is 30.9 Å². The number of hydrogen-bond donors (Lipinski definition) is 1. The molecule has 0 saturated carbocycles. The van der Waals surface area contributed by atoms with E-state index in [1.54, 1.807) is 6.08 Å². The summed E-state index contributed by atoms with van der Waals surface area (Å²) in [6.07, 6.45) is 14.3. The smallest absolute Gasteiger partial charge is 0.114 e. The lowest BCUT2D eigenvalue weighted by molar-refractivity contribution is 0.422. The molecular formula is C17H24N2O. The Kier molecular flexibility index (Phi) is 7.33. The molecule has 1 N–H and O–H groups in total. The van der Waals surface area contributed by atoms with Crippen molar-refractivity contribution in [2.45, 2.75) is 46.0 Å². The third-order valence-corrected chi connectivity index (χ3v) is 3.09. The van der Waals surface area contributed by atoms with Crippen LogP contribution < -0.4 is 0 Å². The van der Waals surface area contributed by atoms with Crippen molar-refractivity contribution in [1.29, 1.82) is 0 Å². The van der Waals surface area contributed by atoms with Crippen LogP contribution in [-0.2, 0) is 0 Å². The van der Waals surface area contributed by atoms with Crippen LogP contribution in [0.3, 0.4) is 0 Å². The summed E-state index contributed by atoms with van der Waals surface area (Å²) in [6, 6.07) is 0. The Hall–Kier alpha value is -1.90. The Bertz CT molecular complexity index is 479. The van der Waals surface area contributed by atoms with Gasteiger partial charge in [0, 0.05) is 0 Å². The molecule has 0 amide bonds. The second kappa shape index (κ2) is 9.08. The number of azo groups is 1. The summed E-state index contributed by atoms with van der Waals surface area (Å²) in [5, 5.41) is 18.2. The predicted octanol–water partition coefficient (Wildman–Crippen LogP) is 5.76. The fraction of sp³-hybridized carbons (Fsp3) is 0.412. The number of allylic oxidation sites excluding steroid dienone is 8. The van der Waals surface area contributed by atoms with Gasteiger partial charge in [-0.3, -0.25) is 0 Å². The van der Waals surface area contributed by atoms with Crippen LogP contribution in [0.15, 0.2) is 69.9 Å². The number of aliphatic hydroxyl groups excluding tert-OH is 1. The van der Waals surface area contributed by atoms with Crippen LogP contribution in [0.5, 0.6) is 0 Å². The number of aliphatic hydroxyl groups is 1. The molecule has 0 aromatic heterocycles. The topological polar surface area (TPSA) is 45.0 Å². The van der Waals surface area contributed by atoms with E-state index in [1.807, 2.05) is 26.0 Å². The van der Waals surface area contributed by atoms with E-state index in [-0.39, 0.29) is 0 Å². The van der Waals surface area contributed by atoms with Gasteiger partial charge in [0.05, 0.1) is 11.4 Å². The molecule has 1 aliphatic heterocycles. The molecule has 0 aliphatic carbocycles. The molecule has 0 fully saturated rings. The Morgan fingerprint density at radius 2 is 1.90 bits per heavy atom. The van der Waals surface area contributed by atoms with Crippen molar-refractivity contribution in [3.05, 3.63) is 59.7 Å². The molecule has 0 aromatic carbocycles. The highest BCUT2D eigenvalue weighted by atomic mass is 16.3. The van der Waals surface area contributed by atoms with Gasteiger partial charge in [0.1, 0.15) is 5.76 Å². The van der Waals surface area contributed by atoms with Gasteiger partial charge >= 0.3 is 0 Å². The third kappa shape index (κ3) is 6.88. The van der Waals surface area contributed by atoms with Gasteiger partial charge in [-0.2, -0.15) is 10.2 Å². The monoisotopic (exact) mass is 272 g/mol. The summed E-state index contributed by atoms with van der Waals surface area (Å²) in [6.45, 7) is 7.76. The average Bonchev–Trinajstić information content (AvgIpc) is 2.43. The molecule has 3 heteroatoms. The van der Waals surface area contributed by atoms with Crippen LogP contribution in [0.1, 0.15) is 46.0 Å². The molecule has 1 rings (SSSR count). The Balaban J connectivity index is 2.80. The van der Waals surface area contributed by atoms with Gasteiger partial charge in [0.2, 0.25) is 0 Å². The van der Waals surface area contributed by atoms with Gasteiger partial charge in [0.25, 0.3) is 0 Å². The lowest BCUT2D eigenvalue weighted by Crippen LogP contribution is -1.86. The zero-order chi connectivity index (χ0) is 14.8. The summed E-state index contributed by atoms with van der Waals surface area (Å²) in [7, 11) is 0. The first-order valence-corrected chi connectivity index (χ1v) is 7.08. The lowest BCUT2D eigenvalue weighted by atomic mass is 10.1. The zero-order valence-electron chi connectivity index (χ0n) is 12.5. The van der Waals surface area contributed by atoms with Gasteiger partial charge in [-0.05, 0) is 57.6 Å². The minimum absolute atomic E-state index is 0.322. The molecule has 0 saturated heterocycles. The first kappa shape index (κ1) is 16.2. The average molecular weight is 272 g/mol. The zero-order valence-corrected chi connectivity index (χ0v) is 12.5. The minimum atomic E-state index is 0.322. The molecule has 0 aromatic rings. The SMILES string of the molecule is C=C1CC/C(C)=C(O)/C=C\C=C\CCC/C=C(/C)N=N1. The highest BCUT2D eigenvalue weighted by Gasteiger charge is 1.99. The van der Waals surface area contributed by atoms with E-state index < -0.39 is 0 Å². The van der Waals surface area contributed by atoms with Crippen LogP contribution in [0.4, 0.5) is 0 Å². The lowest BCUT2D eigenvalue weighted by Gasteiger charge is -2.03. The maximum atomic E-state index is 9.88. The Morgan fingerprint density at radius 1 is 1.10 bits per heavy atom. The fourth-order valence-electron chi connectivity index (χ4n) is 1.71. The molecule has 3 nitrogen and oxygen atoms in total. The van der Waals surface area contributed by atoms with Gasteiger partial charge in [0.15, 0.2) is 0 Å². The van der Waals surface area contributed by atoms with Crippen molar-refractivity contribution in [3.8, 4) is 0 Å². The maximum absolute atomic E-state index is 9.88. The summed E-state index contributed by atoms with van der Waals surface area (Å²) in [5.74, 6) is 0.322. The Morgan fingerprint density at radius 3 is 2.70 bits per heavy atom. The fourth-order valence-corrected chi connectivity index (χ4v) is 1.71. The summed E-state index contributed by atoms with van der Waals surface area (Å²) in [5.41, 5.74) is 2.60. The van der Waals surface area contributed by atoms with E-state index >= 15 is 0 Å². The summed E-state index contributed by atoms with van der Waals surface area (Å²) < 4.78 is 0. The van der Waals surface area contributed by atoms with E-state index in [0.29, 0.717) is 12.2 Å². The van der Waals surface area contributed by atoms with E-state index in [4.69, 9.17) is 0 Å². The number of hydrogen-bond acceptors (Lipinski definition) is 3. The molecule has 0 spiro atoms. The largest absolute Gasteiger partial charge is 0.508 e. The van der Waals surface area contributed by atoms with Crippen LogP contribution >= 0.6 is 0 Å². The number of rotatable bonds is 0. The van der Waals surface area contributed by atoms with Gasteiger partial charge in [-0.15, -0.1) is 0 Å². The molecule has 0 bridgehead atoms. The van der Waals surface area contributed by atoms with Crippen molar-refractivity contribution in [3.63, 3.8) is 0 Å². The third-order valence-electron chi connectivity index (χ3n) is 3.09. The summed E-state index contributed by atoms with van der Waals surface area (Å²) >= 11 is 0. The first-order chi connectivity index (χ1) is 9.59. The number of nitrogens with zero attached hydrogens (tertiary/aromatic N) is 2. The quantitative estimate of drug-likeness (QED) is 0.598. The molecule has 1 heterocycles. The van der Waals surface area contributed by atoms with E-state index in [9.17, 15) is 5.11 Å².